The van der Waals surface area contributed by atoms with Gasteiger partial charge in [-0.1, -0.05) is 12.1 Å². The van der Waals surface area contributed by atoms with Crippen LogP contribution in [0.4, 0.5) is 0 Å². The van der Waals surface area contributed by atoms with Gasteiger partial charge in [-0.3, -0.25) is 0 Å². The summed E-state index contributed by atoms with van der Waals surface area (Å²) in [5.74, 6) is 0.801. The van der Waals surface area contributed by atoms with E-state index in [1.165, 1.54) is 0 Å². The zero-order valence-corrected chi connectivity index (χ0v) is 11.0. The summed E-state index contributed by atoms with van der Waals surface area (Å²) >= 11 is 0. The van der Waals surface area contributed by atoms with Crippen molar-refractivity contribution in [3.05, 3.63) is 23.8 Å². The van der Waals surface area contributed by atoms with Crippen molar-refractivity contribution in [3.8, 4) is 11.5 Å². The van der Waals surface area contributed by atoms with Crippen LogP contribution in [0.3, 0.4) is 0 Å². The van der Waals surface area contributed by atoms with Crippen LogP contribution >= 0.6 is 0 Å². The Balaban J connectivity index is 1.87. The molecule has 1 aliphatic carbocycles. The summed E-state index contributed by atoms with van der Waals surface area (Å²) in [6.45, 7) is 3.13. The van der Waals surface area contributed by atoms with Crippen LogP contribution in [0, 0.1) is 0 Å². The zero-order valence-electron chi connectivity index (χ0n) is 11.0. The van der Waals surface area contributed by atoms with Crippen LogP contribution in [0.5, 0.6) is 11.5 Å². The number of ether oxygens (including phenoxy) is 2. The Hall–Kier alpha value is -1.26. The Morgan fingerprint density at radius 1 is 1.39 bits per heavy atom. The fourth-order valence-electron chi connectivity index (χ4n) is 2.16. The van der Waals surface area contributed by atoms with Gasteiger partial charge in [-0.15, -0.1) is 0 Å². The second kappa shape index (κ2) is 6.07. The molecule has 4 nitrogen and oxygen atoms in total. The molecule has 0 atom stereocenters. The summed E-state index contributed by atoms with van der Waals surface area (Å²) in [5, 5.41) is 13.4. The lowest BCUT2D eigenvalue weighted by Crippen LogP contribution is -2.44. The first-order valence-electron chi connectivity index (χ1n) is 6.44. The van der Waals surface area contributed by atoms with E-state index in [0.29, 0.717) is 31.0 Å². The van der Waals surface area contributed by atoms with E-state index in [9.17, 15) is 5.11 Å². The van der Waals surface area contributed by atoms with E-state index in [2.05, 4.69) is 5.32 Å². The summed E-state index contributed by atoms with van der Waals surface area (Å²) in [4.78, 5) is 0. The summed E-state index contributed by atoms with van der Waals surface area (Å²) in [6, 6.07) is 6.09. The molecule has 0 aliphatic heterocycles. The molecule has 0 amide bonds. The minimum atomic E-state index is 0.245. The highest BCUT2D eigenvalue weighted by molar-refractivity contribution is 5.45. The molecule has 0 saturated heterocycles. The van der Waals surface area contributed by atoms with Gasteiger partial charge in [-0.25, -0.2) is 0 Å². The van der Waals surface area contributed by atoms with E-state index in [1.807, 2.05) is 19.1 Å². The molecule has 18 heavy (non-hydrogen) atoms. The highest BCUT2D eigenvalue weighted by Crippen LogP contribution is 2.30. The van der Waals surface area contributed by atoms with Gasteiger partial charge in [0.15, 0.2) is 11.5 Å². The molecule has 1 saturated carbocycles. The van der Waals surface area contributed by atoms with Crippen molar-refractivity contribution in [2.45, 2.75) is 38.5 Å². The van der Waals surface area contributed by atoms with Gasteiger partial charge < -0.3 is 19.9 Å². The normalized spacial score (nSPS) is 22.6. The van der Waals surface area contributed by atoms with E-state index in [1.54, 1.807) is 13.2 Å². The van der Waals surface area contributed by atoms with Gasteiger partial charge in [0.25, 0.3) is 0 Å². The highest BCUT2D eigenvalue weighted by Gasteiger charge is 2.28. The standard InChI is InChI=1S/C14H21NO3/c1-3-18-13-6-4-5-10(14(13)16)9-15-11-7-12(8-11)17-2/h4-6,11-12,15-16H,3,7-9H2,1-2H3. The molecular formula is C14H21NO3. The van der Waals surface area contributed by atoms with E-state index in [-0.39, 0.29) is 5.75 Å². The molecule has 100 valence electrons. The van der Waals surface area contributed by atoms with Crippen molar-refractivity contribution >= 4 is 0 Å². The Kier molecular flexibility index (Phi) is 4.44. The molecule has 0 spiro atoms. The van der Waals surface area contributed by atoms with Gasteiger partial charge in [-0.2, -0.15) is 0 Å². The summed E-state index contributed by atoms with van der Waals surface area (Å²) in [6.07, 6.45) is 2.48. The highest BCUT2D eigenvalue weighted by atomic mass is 16.5. The second-order valence-electron chi connectivity index (χ2n) is 4.60. The maximum atomic E-state index is 10.0. The van der Waals surface area contributed by atoms with Crippen LogP contribution < -0.4 is 10.1 Å². The lowest BCUT2D eigenvalue weighted by molar-refractivity contribution is 0.0169. The van der Waals surface area contributed by atoms with Crippen LogP contribution in [-0.4, -0.2) is 31.0 Å². The van der Waals surface area contributed by atoms with Crippen molar-refractivity contribution in [2.75, 3.05) is 13.7 Å². The van der Waals surface area contributed by atoms with E-state index in [0.717, 1.165) is 18.4 Å². The number of hydrogen-bond donors (Lipinski definition) is 2. The van der Waals surface area contributed by atoms with Crippen molar-refractivity contribution in [3.63, 3.8) is 0 Å². The van der Waals surface area contributed by atoms with Crippen LogP contribution in [0.1, 0.15) is 25.3 Å². The van der Waals surface area contributed by atoms with Gasteiger partial charge in [0.05, 0.1) is 12.7 Å². The molecule has 0 radical (unpaired) electrons. The lowest BCUT2D eigenvalue weighted by atomic mass is 9.89. The lowest BCUT2D eigenvalue weighted by Gasteiger charge is -2.34. The quantitative estimate of drug-likeness (QED) is 0.812. The minimum absolute atomic E-state index is 0.245. The molecule has 0 unspecified atom stereocenters. The van der Waals surface area contributed by atoms with E-state index >= 15 is 0 Å². The third kappa shape index (κ3) is 2.94. The average molecular weight is 251 g/mol. The number of phenols is 1. The molecule has 0 heterocycles. The predicted molar refractivity (Wildman–Crippen MR) is 69.9 cm³/mol. The fourth-order valence-corrected chi connectivity index (χ4v) is 2.16. The topological polar surface area (TPSA) is 50.7 Å². The van der Waals surface area contributed by atoms with Gasteiger partial charge in [0.1, 0.15) is 0 Å². The van der Waals surface area contributed by atoms with Crippen molar-refractivity contribution in [2.24, 2.45) is 0 Å². The van der Waals surface area contributed by atoms with Crippen molar-refractivity contribution in [1.29, 1.82) is 0 Å². The molecule has 1 aromatic carbocycles. The number of nitrogens with one attached hydrogen (secondary N) is 1. The van der Waals surface area contributed by atoms with Crippen molar-refractivity contribution < 1.29 is 14.6 Å². The van der Waals surface area contributed by atoms with Gasteiger partial charge in [0, 0.05) is 25.3 Å². The van der Waals surface area contributed by atoms with E-state index < -0.39 is 0 Å². The molecule has 0 bridgehead atoms. The minimum Gasteiger partial charge on any atom is -0.504 e. The molecule has 2 rings (SSSR count). The second-order valence-corrected chi connectivity index (χ2v) is 4.60. The fraction of sp³-hybridized carbons (Fsp3) is 0.571. The van der Waals surface area contributed by atoms with Crippen LogP contribution in [0.25, 0.3) is 0 Å². The van der Waals surface area contributed by atoms with E-state index in [4.69, 9.17) is 9.47 Å². The van der Waals surface area contributed by atoms with Gasteiger partial charge in [0.2, 0.25) is 0 Å². The Morgan fingerprint density at radius 3 is 2.83 bits per heavy atom. The Labute approximate surface area is 108 Å². The number of hydrogen-bond acceptors (Lipinski definition) is 4. The number of aromatic hydroxyl groups is 1. The number of phenolic OH excluding ortho intramolecular Hbond substituents is 1. The molecular weight excluding hydrogens is 230 g/mol. The first-order chi connectivity index (χ1) is 8.74. The summed E-state index contributed by atoms with van der Waals surface area (Å²) in [5.41, 5.74) is 0.877. The number of para-hydroxylation sites is 1. The molecule has 4 heteroatoms. The van der Waals surface area contributed by atoms with Gasteiger partial charge in [-0.05, 0) is 25.8 Å². The summed E-state index contributed by atoms with van der Waals surface area (Å²) < 4.78 is 10.6. The number of benzene rings is 1. The largest absolute Gasteiger partial charge is 0.504 e. The third-order valence-corrected chi connectivity index (χ3v) is 3.39. The molecule has 1 fully saturated rings. The molecule has 1 aromatic rings. The van der Waals surface area contributed by atoms with Crippen LogP contribution in [0.2, 0.25) is 0 Å². The average Bonchev–Trinajstić information content (AvgIpc) is 2.32. The monoisotopic (exact) mass is 251 g/mol. The molecule has 2 N–H and O–H groups in total. The first-order valence-corrected chi connectivity index (χ1v) is 6.44. The molecule has 1 aliphatic rings. The number of rotatable bonds is 6. The maximum Gasteiger partial charge on any atom is 0.162 e. The SMILES string of the molecule is CCOc1cccc(CNC2CC(OC)C2)c1O. The Morgan fingerprint density at radius 2 is 2.17 bits per heavy atom. The molecule has 0 aromatic heterocycles. The van der Waals surface area contributed by atoms with Crippen LogP contribution in [-0.2, 0) is 11.3 Å². The zero-order chi connectivity index (χ0) is 13.0. The number of methoxy groups -OCH3 is 1. The first kappa shape index (κ1) is 13.2. The summed E-state index contributed by atoms with van der Waals surface area (Å²) in [7, 11) is 1.75. The smallest absolute Gasteiger partial charge is 0.162 e. The van der Waals surface area contributed by atoms with Gasteiger partial charge >= 0.3 is 0 Å². The third-order valence-electron chi connectivity index (χ3n) is 3.39. The predicted octanol–water partition coefficient (Wildman–Crippen LogP) is 2.06. The Bertz CT molecular complexity index is 389. The maximum absolute atomic E-state index is 10.0. The van der Waals surface area contributed by atoms with Crippen LogP contribution in [0.15, 0.2) is 18.2 Å². The van der Waals surface area contributed by atoms with Crippen molar-refractivity contribution in [1.82, 2.24) is 5.32 Å².